The van der Waals surface area contributed by atoms with Crippen molar-refractivity contribution in [3.63, 3.8) is 0 Å². The van der Waals surface area contributed by atoms with Gasteiger partial charge in [-0.25, -0.2) is 4.79 Å². The molecule has 0 saturated carbocycles. The number of nitrogens with one attached hydrogen (secondary N) is 1. The molecule has 0 aliphatic rings. The third-order valence-electron chi connectivity index (χ3n) is 3.41. The summed E-state index contributed by atoms with van der Waals surface area (Å²) in [5.41, 5.74) is 0.745. The summed E-state index contributed by atoms with van der Waals surface area (Å²) in [6.45, 7) is 0. The Morgan fingerprint density at radius 1 is 1.17 bits per heavy atom. The van der Waals surface area contributed by atoms with Gasteiger partial charge in [-0.15, -0.1) is 0 Å². The fourth-order valence-corrected chi connectivity index (χ4v) is 2.36. The van der Waals surface area contributed by atoms with Crippen LogP contribution in [0.1, 0.15) is 20.9 Å². The van der Waals surface area contributed by atoms with Crippen molar-refractivity contribution in [1.29, 1.82) is 0 Å². The quantitative estimate of drug-likeness (QED) is 0.744. The van der Waals surface area contributed by atoms with Crippen LogP contribution in [0.4, 0.5) is 5.69 Å². The van der Waals surface area contributed by atoms with E-state index in [1.807, 2.05) is 0 Å². The number of aromatic carboxylic acids is 1. The Kier molecular flexibility index (Phi) is 4.14. The van der Waals surface area contributed by atoms with E-state index in [0.29, 0.717) is 16.7 Å². The van der Waals surface area contributed by atoms with E-state index < -0.39 is 11.9 Å². The first-order chi connectivity index (χ1) is 11.5. The summed E-state index contributed by atoms with van der Waals surface area (Å²) in [6, 6.07) is 10.8. The second kappa shape index (κ2) is 6.25. The number of carboxylic acids is 1. The number of methoxy groups -OCH3 is 1. The van der Waals surface area contributed by atoms with Crippen molar-refractivity contribution in [3.05, 3.63) is 58.8 Å². The van der Waals surface area contributed by atoms with E-state index in [2.05, 4.69) is 5.32 Å². The fraction of sp³-hybridized carbons (Fsp3) is 0.0588. The summed E-state index contributed by atoms with van der Waals surface area (Å²) < 4.78 is 10.6. The Hall–Kier alpha value is -2.99. The van der Waals surface area contributed by atoms with Gasteiger partial charge in [0.15, 0.2) is 5.76 Å². The minimum Gasteiger partial charge on any atom is -0.497 e. The van der Waals surface area contributed by atoms with Gasteiger partial charge in [-0.05, 0) is 42.5 Å². The maximum atomic E-state index is 12.3. The standard InChI is InChI=1S/C17H12ClNO5/c1-23-11-3-5-14-10(6-11)8-15(24-14)16(20)19-13-7-9(17(21)22)2-4-12(13)18/h2-8H,1H3,(H,19,20)(H,21,22). The molecule has 1 aromatic heterocycles. The van der Waals surface area contributed by atoms with Gasteiger partial charge < -0.3 is 19.6 Å². The molecule has 3 rings (SSSR count). The topological polar surface area (TPSA) is 88.8 Å². The van der Waals surface area contributed by atoms with Crippen LogP contribution in [0.2, 0.25) is 5.02 Å². The summed E-state index contributed by atoms with van der Waals surface area (Å²) in [6.07, 6.45) is 0. The Morgan fingerprint density at radius 2 is 1.96 bits per heavy atom. The Morgan fingerprint density at radius 3 is 2.67 bits per heavy atom. The third-order valence-corrected chi connectivity index (χ3v) is 3.74. The van der Waals surface area contributed by atoms with Crippen LogP contribution in [0.3, 0.4) is 0 Å². The number of amides is 1. The number of hydrogen-bond donors (Lipinski definition) is 2. The van der Waals surface area contributed by atoms with Crippen molar-refractivity contribution >= 4 is 40.1 Å². The molecule has 6 nitrogen and oxygen atoms in total. The molecular weight excluding hydrogens is 334 g/mol. The number of ether oxygens (including phenoxy) is 1. The number of rotatable bonds is 4. The molecule has 0 fully saturated rings. The fourth-order valence-electron chi connectivity index (χ4n) is 2.20. The first-order valence-corrected chi connectivity index (χ1v) is 7.27. The Labute approximate surface area is 141 Å². The third kappa shape index (κ3) is 3.04. The average Bonchev–Trinajstić information content (AvgIpc) is 2.99. The maximum absolute atomic E-state index is 12.3. The molecule has 24 heavy (non-hydrogen) atoms. The van der Waals surface area contributed by atoms with Crippen LogP contribution < -0.4 is 10.1 Å². The minimum atomic E-state index is -1.11. The van der Waals surface area contributed by atoms with Gasteiger partial charge in [-0.1, -0.05) is 11.6 Å². The minimum absolute atomic E-state index is 0.0176. The van der Waals surface area contributed by atoms with Crippen LogP contribution in [0.15, 0.2) is 46.9 Å². The van der Waals surface area contributed by atoms with Crippen LogP contribution in [0.25, 0.3) is 11.0 Å². The molecule has 2 aromatic carbocycles. The molecule has 0 atom stereocenters. The normalized spacial score (nSPS) is 10.6. The molecule has 3 aromatic rings. The lowest BCUT2D eigenvalue weighted by Gasteiger charge is -2.06. The van der Waals surface area contributed by atoms with Gasteiger partial charge in [0, 0.05) is 5.39 Å². The molecule has 0 spiro atoms. The van der Waals surface area contributed by atoms with Gasteiger partial charge in [0.1, 0.15) is 11.3 Å². The Balaban J connectivity index is 1.90. The first-order valence-electron chi connectivity index (χ1n) is 6.89. The van der Waals surface area contributed by atoms with Crippen LogP contribution in [-0.2, 0) is 0 Å². The van der Waals surface area contributed by atoms with Crippen molar-refractivity contribution in [1.82, 2.24) is 0 Å². The molecule has 0 aliphatic heterocycles. The van der Waals surface area contributed by atoms with Crippen molar-refractivity contribution in [2.24, 2.45) is 0 Å². The van der Waals surface area contributed by atoms with Gasteiger partial charge in [-0.3, -0.25) is 4.79 Å². The summed E-state index contributed by atoms with van der Waals surface area (Å²) in [5, 5.41) is 12.5. The number of carbonyl (C=O) groups is 2. The number of furan rings is 1. The van der Waals surface area contributed by atoms with E-state index >= 15 is 0 Å². The lowest BCUT2D eigenvalue weighted by Crippen LogP contribution is -2.12. The molecule has 0 unspecified atom stereocenters. The lowest BCUT2D eigenvalue weighted by molar-refractivity contribution is 0.0696. The van der Waals surface area contributed by atoms with E-state index in [4.69, 9.17) is 25.9 Å². The molecule has 1 heterocycles. The highest BCUT2D eigenvalue weighted by Crippen LogP contribution is 2.27. The summed E-state index contributed by atoms with van der Waals surface area (Å²) >= 11 is 6.00. The number of anilines is 1. The zero-order valence-corrected chi connectivity index (χ0v) is 13.3. The SMILES string of the molecule is COc1ccc2oc(C(=O)Nc3cc(C(=O)O)ccc3Cl)cc2c1. The molecule has 122 valence electrons. The highest BCUT2D eigenvalue weighted by Gasteiger charge is 2.15. The number of fused-ring (bicyclic) bond motifs is 1. The zero-order chi connectivity index (χ0) is 17.3. The molecule has 0 aliphatic carbocycles. The van der Waals surface area contributed by atoms with Gasteiger partial charge in [0.2, 0.25) is 0 Å². The number of hydrogen-bond acceptors (Lipinski definition) is 4. The van der Waals surface area contributed by atoms with E-state index in [1.165, 1.54) is 18.2 Å². The second-order valence-electron chi connectivity index (χ2n) is 4.97. The first kappa shape index (κ1) is 15.9. The van der Waals surface area contributed by atoms with E-state index in [9.17, 15) is 9.59 Å². The van der Waals surface area contributed by atoms with Crippen molar-refractivity contribution in [2.75, 3.05) is 12.4 Å². The van der Waals surface area contributed by atoms with Gasteiger partial charge in [-0.2, -0.15) is 0 Å². The monoisotopic (exact) mass is 345 g/mol. The predicted octanol–water partition coefficient (Wildman–Crippen LogP) is 4.05. The molecular formula is C17H12ClNO5. The van der Waals surface area contributed by atoms with Gasteiger partial charge in [0.05, 0.1) is 23.4 Å². The molecule has 1 amide bonds. The second-order valence-corrected chi connectivity index (χ2v) is 5.38. The van der Waals surface area contributed by atoms with E-state index in [1.54, 1.807) is 31.4 Å². The largest absolute Gasteiger partial charge is 0.497 e. The maximum Gasteiger partial charge on any atom is 0.335 e. The summed E-state index contributed by atoms with van der Waals surface area (Å²) in [4.78, 5) is 23.3. The van der Waals surface area contributed by atoms with Crippen molar-refractivity contribution in [3.8, 4) is 5.75 Å². The van der Waals surface area contributed by atoms with Crippen LogP contribution in [0.5, 0.6) is 5.75 Å². The molecule has 7 heteroatoms. The molecule has 2 N–H and O–H groups in total. The van der Waals surface area contributed by atoms with Crippen molar-refractivity contribution in [2.45, 2.75) is 0 Å². The predicted molar refractivity (Wildman–Crippen MR) is 89.1 cm³/mol. The number of carbonyl (C=O) groups excluding carboxylic acids is 1. The highest BCUT2D eigenvalue weighted by atomic mass is 35.5. The van der Waals surface area contributed by atoms with Crippen LogP contribution in [-0.4, -0.2) is 24.1 Å². The van der Waals surface area contributed by atoms with Crippen molar-refractivity contribution < 1.29 is 23.8 Å². The van der Waals surface area contributed by atoms with E-state index in [0.717, 1.165) is 0 Å². The van der Waals surface area contributed by atoms with Gasteiger partial charge in [0.25, 0.3) is 5.91 Å². The summed E-state index contributed by atoms with van der Waals surface area (Å²) in [5.74, 6) is -0.921. The lowest BCUT2D eigenvalue weighted by atomic mass is 10.2. The highest BCUT2D eigenvalue weighted by molar-refractivity contribution is 6.34. The van der Waals surface area contributed by atoms with Crippen LogP contribution >= 0.6 is 11.6 Å². The number of halogens is 1. The Bertz CT molecular complexity index is 947. The summed E-state index contributed by atoms with van der Waals surface area (Å²) in [7, 11) is 1.55. The number of benzene rings is 2. The van der Waals surface area contributed by atoms with Crippen LogP contribution in [0, 0.1) is 0 Å². The number of carboxylic acid groups (broad SMARTS) is 1. The van der Waals surface area contributed by atoms with Gasteiger partial charge >= 0.3 is 5.97 Å². The molecule has 0 bridgehead atoms. The van der Waals surface area contributed by atoms with E-state index in [-0.39, 0.29) is 22.0 Å². The zero-order valence-electron chi connectivity index (χ0n) is 12.5. The smallest absolute Gasteiger partial charge is 0.335 e. The molecule has 0 radical (unpaired) electrons. The average molecular weight is 346 g/mol. The molecule has 0 saturated heterocycles.